The van der Waals surface area contributed by atoms with Crippen molar-refractivity contribution in [3.05, 3.63) is 35.4 Å². The van der Waals surface area contributed by atoms with Crippen LogP contribution in [0.3, 0.4) is 0 Å². The summed E-state index contributed by atoms with van der Waals surface area (Å²) in [5.74, 6) is -4.82. The number of ether oxygens (including phenoxy) is 2. The van der Waals surface area contributed by atoms with Crippen molar-refractivity contribution >= 4 is 23.5 Å². The average molecular weight is 318 g/mol. The second-order valence-corrected chi connectivity index (χ2v) is 5.12. The van der Waals surface area contributed by atoms with E-state index in [2.05, 4.69) is 0 Å². The van der Waals surface area contributed by atoms with Crippen LogP contribution in [0, 0.1) is 11.8 Å². The summed E-state index contributed by atoms with van der Waals surface area (Å²) < 4.78 is 9.84. The average Bonchev–Trinajstić information content (AvgIpc) is 2.65. The van der Waals surface area contributed by atoms with Crippen molar-refractivity contribution in [1.29, 1.82) is 0 Å². The molecule has 0 heterocycles. The maximum Gasteiger partial charge on any atom is 0.316 e. The minimum Gasteiger partial charge on any atom is -0.465 e. The van der Waals surface area contributed by atoms with Gasteiger partial charge >= 0.3 is 11.9 Å². The second-order valence-electron chi connectivity index (χ2n) is 5.12. The molecular weight excluding hydrogens is 300 g/mol. The molecule has 0 N–H and O–H groups in total. The summed E-state index contributed by atoms with van der Waals surface area (Å²) in [5.41, 5.74) is 0.282. The number of Topliss-reactive ketones (excluding diaryl/α,β-unsaturated/α-hetero) is 2. The Balaban J connectivity index is 2.49. The maximum absolute atomic E-state index is 12.6. The fraction of sp³-hybridized carbons (Fsp3) is 0.412. The molecule has 1 aromatic rings. The van der Waals surface area contributed by atoms with Gasteiger partial charge in [-0.25, -0.2) is 0 Å². The molecule has 0 aromatic heterocycles. The Bertz CT molecular complexity index is 593. The Morgan fingerprint density at radius 3 is 1.65 bits per heavy atom. The molecule has 0 bridgehead atoms. The van der Waals surface area contributed by atoms with E-state index < -0.39 is 35.3 Å². The molecule has 2 rings (SSSR count). The van der Waals surface area contributed by atoms with E-state index in [0.717, 1.165) is 0 Å². The number of fused-ring (bicyclic) bond motifs is 1. The largest absolute Gasteiger partial charge is 0.465 e. The zero-order valence-corrected chi connectivity index (χ0v) is 13.0. The lowest BCUT2D eigenvalue weighted by molar-refractivity contribution is -0.149. The summed E-state index contributed by atoms with van der Waals surface area (Å²) in [6, 6.07) is 6.18. The first-order valence-corrected chi connectivity index (χ1v) is 7.51. The summed E-state index contributed by atoms with van der Waals surface area (Å²) in [6.07, 6.45) is -0.232. The van der Waals surface area contributed by atoms with Gasteiger partial charge in [-0.15, -0.1) is 0 Å². The molecule has 6 nitrogen and oxygen atoms in total. The number of esters is 2. The highest BCUT2D eigenvalue weighted by Gasteiger charge is 2.43. The Morgan fingerprint density at radius 2 is 1.30 bits per heavy atom. The van der Waals surface area contributed by atoms with Crippen LogP contribution >= 0.6 is 0 Å². The van der Waals surface area contributed by atoms with Crippen molar-refractivity contribution in [2.75, 3.05) is 13.2 Å². The van der Waals surface area contributed by atoms with Gasteiger partial charge in [-0.05, 0) is 20.3 Å². The summed E-state index contributed by atoms with van der Waals surface area (Å²) in [7, 11) is 0. The van der Waals surface area contributed by atoms with Gasteiger partial charge in [0.2, 0.25) is 0 Å². The molecule has 0 aliphatic heterocycles. The predicted octanol–water partition coefficient (Wildman–Crippen LogP) is 1.81. The van der Waals surface area contributed by atoms with Gasteiger partial charge in [0.05, 0.1) is 13.2 Å². The van der Waals surface area contributed by atoms with E-state index in [1.807, 2.05) is 0 Å². The first-order chi connectivity index (χ1) is 11.0. The van der Waals surface area contributed by atoms with Gasteiger partial charge in [-0.1, -0.05) is 24.3 Å². The number of hydrogen-bond donors (Lipinski definition) is 0. The van der Waals surface area contributed by atoms with Crippen molar-refractivity contribution in [3.8, 4) is 0 Å². The molecule has 1 aromatic carbocycles. The van der Waals surface area contributed by atoms with Crippen LogP contribution in [0.2, 0.25) is 0 Å². The fourth-order valence-corrected chi connectivity index (χ4v) is 2.63. The highest BCUT2D eigenvalue weighted by atomic mass is 16.5. The van der Waals surface area contributed by atoms with Gasteiger partial charge in [0.1, 0.15) is 11.8 Å². The molecule has 0 saturated carbocycles. The first kappa shape index (κ1) is 16.9. The van der Waals surface area contributed by atoms with Crippen LogP contribution in [0.4, 0.5) is 0 Å². The van der Waals surface area contributed by atoms with Crippen molar-refractivity contribution in [3.63, 3.8) is 0 Å². The van der Waals surface area contributed by atoms with Gasteiger partial charge in [0.15, 0.2) is 11.6 Å². The van der Waals surface area contributed by atoms with E-state index in [-0.39, 0.29) is 30.8 Å². The molecule has 1 aliphatic rings. The molecule has 0 spiro atoms. The lowest BCUT2D eigenvalue weighted by Crippen LogP contribution is -2.31. The van der Waals surface area contributed by atoms with Crippen molar-refractivity contribution in [1.82, 2.24) is 0 Å². The monoisotopic (exact) mass is 318 g/mol. The number of benzene rings is 1. The maximum atomic E-state index is 12.6. The minimum absolute atomic E-state index is 0.113. The molecule has 23 heavy (non-hydrogen) atoms. The number of hydrogen-bond acceptors (Lipinski definition) is 6. The van der Waals surface area contributed by atoms with E-state index in [1.165, 1.54) is 12.1 Å². The van der Waals surface area contributed by atoms with Gasteiger partial charge < -0.3 is 9.47 Å². The zero-order chi connectivity index (χ0) is 17.0. The van der Waals surface area contributed by atoms with Crippen LogP contribution in [0.5, 0.6) is 0 Å². The SMILES string of the molecule is CCOC(=O)[C@H]1C[C@H](C(=O)OCC)C(=O)c2ccccc2C1=O. The van der Waals surface area contributed by atoms with Crippen LogP contribution in [-0.4, -0.2) is 36.7 Å². The molecule has 0 fully saturated rings. The minimum atomic E-state index is -1.18. The Labute approximate surface area is 133 Å². The predicted molar refractivity (Wildman–Crippen MR) is 80.0 cm³/mol. The van der Waals surface area contributed by atoms with E-state index in [0.29, 0.717) is 0 Å². The van der Waals surface area contributed by atoms with Crippen molar-refractivity contribution in [2.45, 2.75) is 20.3 Å². The smallest absolute Gasteiger partial charge is 0.316 e. The molecule has 0 radical (unpaired) electrons. The van der Waals surface area contributed by atoms with Gasteiger partial charge in [0, 0.05) is 11.1 Å². The standard InChI is InChI=1S/C17H18O6/c1-3-22-16(20)12-9-13(17(21)23-4-2)15(19)11-8-6-5-7-10(11)14(12)18/h5-8,12-13H,3-4,9H2,1-2H3/t12-,13-/m0/s1. The van der Waals surface area contributed by atoms with Gasteiger partial charge in [0.25, 0.3) is 0 Å². The Kier molecular flexibility index (Phi) is 5.26. The van der Waals surface area contributed by atoms with Crippen LogP contribution < -0.4 is 0 Å². The van der Waals surface area contributed by atoms with E-state index in [4.69, 9.17) is 9.47 Å². The molecular formula is C17H18O6. The van der Waals surface area contributed by atoms with Crippen LogP contribution in [-0.2, 0) is 19.1 Å². The quantitative estimate of drug-likeness (QED) is 0.478. The van der Waals surface area contributed by atoms with Crippen molar-refractivity contribution in [2.24, 2.45) is 11.8 Å². The van der Waals surface area contributed by atoms with Gasteiger partial charge in [-0.3, -0.25) is 19.2 Å². The topological polar surface area (TPSA) is 86.7 Å². The van der Waals surface area contributed by atoms with E-state index in [9.17, 15) is 19.2 Å². The number of ketones is 2. The van der Waals surface area contributed by atoms with Crippen molar-refractivity contribution < 1.29 is 28.7 Å². The van der Waals surface area contributed by atoms with E-state index >= 15 is 0 Å². The van der Waals surface area contributed by atoms with Gasteiger partial charge in [-0.2, -0.15) is 0 Å². The zero-order valence-electron chi connectivity index (χ0n) is 13.0. The lowest BCUT2D eigenvalue weighted by Gasteiger charge is -2.16. The Hall–Kier alpha value is -2.50. The highest BCUT2D eigenvalue weighted by molar-refractivity contribution is 6.20. The third kappa shape index (κ3) is 3.31. The normalized spacial score (nSPS) is 20.4. The van der Waals surface area contributed by atoms with E-state index in [1.54, 1.807) is 26.0 Å². The highest BCUT2D eigenvalue weighted by Crippen LogP contribution is 2.30. The number of carbonyl (C=O) groups excluding carboxylic acids is 4. The molecule has 0 saturated heterocycles. The third-order valence-corrected chi connectivity index (χ3v) is 3.70. The summed E-state index contributed by atoms with van der Waals surface area (Å²) >= 11 is 0. The lowest BCUT2D eigenvalue weighted by atomic mass is 9.91. The fourth-order valence-electron chi connectivity index (χ4n) is 2.63. The summed E-state index contributed by atoms with van der Waals surface area (Å²) in [6.45, 7) is 3.48. The Morgan fingerprint density at radius 1 is 0.913 bits per heavy atom. The molecule has 0 amide bonds. The third-order valence-electron chi connectivity index (χ3n) is 3.70. The molecule has 0 unspecified atom stereocenters. The second kappa shape index (κ2) is 7.17. The van der Waals surface area contributed by atoms with Crippen LogP contribution in [0.25, 0.3) is 0 Å². The molecule has 2 atom stereocenters. The first-order valence-electron chi connectivity index (χ1n) is 7.51. The molecule has 1 aliphatic carbocycles. The van der Waals surface area contributed by atoms with Crippen LogP contribution in [0.15, 0.2) is 24.3 Å². The number of rotatable bonds is 4. The number of carbonyl (C=O) groups is 4. The summed E-state index contributed by atoms with van der Waals surface area (Å²) in [4.78, 5) is 49.4. The summed E-state index contributed by atoms with van der Waals surface area (Å²) in [5, 5.41) is 0. The molecule has 122 valence electrons. The van der Waals surface area contributed by atoms with Crippen LogP contribution in [0.1, 0.15) is 41.0 Å². The molecule has 6 heteroatoms.